The summed E-state index contributed by atoms with van der Waals surface area (Å²) in [6.07, 6.45) is 4.94. The SMILES string of the molecule is COC1CC2C=CC3CC4(OC(=O)c5ccc[nH]5)OC2(C(C)=CC(C)C(C(C)O)OC1=O)C3C(O)C4C. The minimum atomic E-state index is -1.38. The maximum Gasteiger partial charge on any atom is 0.357 e. The minimum Gasteiger partial charge on any atom is -0.457 e. The molecule has 5 aliphatic rings. The fourth-order valence-corrected chi connectivity index (χ4v) is 7.16. The highest BCUT2D eigenvalue weighted by molar-refractivity contribution is 5.87. The van der Waals surface area contributed by atoms with Crippen LogP contribution in [0.1, 0.15) is 51.0 Å². The van der Waals surface area contributed by atoms with Crippen molar-refractivity contribution < 1.29 is 38.7 Å². The zero-order valence-electron chi connectivity index (χ0n) is 21.9. The van der Waals surface area contributed by atoms with Gasteiger partial charge in [0.05, 0.1) is 12.2 Å². The Labute approximate surface area is 216 Å². The number of methoxy groups -OCH3 is 1. The van der Waals surface area contributed by atoms with E-state index in [2.05, 4.69) is 11.1 Å². The predicted octanol–water partition coefficient (Wildman–Crippen LogP) is 2.75. The van der Waals surface area contributed by atoms with Crippen molar-refractivity contribution in [2.45, 2.75) is 76.3 Å². The van der Waals surface area contributed by atoms with Gasteiger partial charge in [-0.25, -0.2) is 9.59 Å². The predicted molar refractivity (Wildman–Crippen MR) is 132 cm³/mol. The third kappa shape index (κ3) is 3.98. The van der Waals surface area contributed by atoms with Gasteiger partial charge in [0.2, 0.25) is 5.79 Å². The Morgan fingerprint density at radius 1 is 1.30 bits per heavy atom. The summed E-state index contributed by atoms with van der Waals surface area (Å²) in [6, 6.07) is 3.35. The molecule has 9 heteroatoms. The molecule has 3 fully saturated rings. The van der Waals surface area contributed by atoms with Crippen LogP contribution in [0.25, 0.3) is 0 Å². The average molecular weight is 516 g/mol. The van der Waals surface area contributed by atoms with Crippen LogP contribution in [0.5, 0.6) is 0 Å². The van der Waals surface area contributed by atoms with E-state index in [0.29, 0.717) is 12.1 Å². The summed E-state index contributed by atoms with van der Waals surface area (Å²) in [4.78, 5) is 29.1. The van der Waals surface area contributed by atoms with E-state index >= 15 is 0 Å². The number of allylic oxidation sites excluding steroid dienone is 1. The Kier molecular flexibility index (Phi) is 6.63. The lowest BCUT2D eigenvalue weighted by atomic mass is 9.51. The number of esters is 2. The number of aromatic amines is 1. The van der Waals surface area contributed by atoms with Crippen LogP contribution >= 0.6 is 0 Å². The lowest BCUT2D eigenvalue weighted by Gasteiger charge is -2.67. The first-order valence-corrected chi connectivity index (χ1v) is 13.1. The number of rotatable bonds is 4. The number of H-pyrrole nitrogens is 1. The number of hydrogen-bond acceptors (Lipinski definition) is 8. The molecule has 11 unspecified atom stereocenters. The summed E-state index contributed by atoms with van der Waals surface area (Å²) in [5, 5.41) is 22.1. The zero-order valence-corrected chi connectivity index (χ0v) is 21.9. The molecule has 202 valence electrons. The molecule has 1 aromatic rings. The molecular formula is C28H37NO8. The van der Waals surface area contributed by atoms with E-state index in [1.54, 1.807) is 25.3 Å². The highest BCUT2D eigenvalue weighted by Gasteiger charge is 2.71. The Morgan fingerprint density at radius 2 is 2.05 bits per heavy atom. The third-order valence-electron chi connectivity index (χ3n) is 9.01. The molecule has 0 aromatic carbocycles. The summed E-state index contributed by atoms with van der Waals surface area (Å²) < 4.78 is 24.4. The largest absolute Gasteiger partial charge is 0.457 e. The number of aromatic nitrogens is 1. The van der Waals surface area contributed by atoms with Crippen molar-refractivity contribution >= 4 is 11.9 Å². The molecule has 11 atom stereocenters. The normalized spacial score (nSPS) is 43.9. The van der Waals surface area contributed by atoms with E-state index in [1.165, 1.54) is 7.11 Å². The Bertz CT molecular complexity index is 1100. The molecule has 4 heterocycles. The fraction of sp³-hybridized carbons (Fsp3) is 0.643. The quantitative estimate of drug-likeness (QED) is 0.413. The smallest absolute Gasteiger partial charge is 0.357 e. The van der Waals surface area contributed by atoms with Crippen molar-refractivity contribution in [2.75, 3.05) is 7.11 Å². The van der Waals surface area contributed by atoms with Crippen LogP contribution in [0.15, 0.2) is 42.1 Å². The molecule has 2 saturated heterocycles. The first-order chi connectivity index (χ1) is 17.5. The van der Waals surface area contributed by atoms with Crippen molar-refractivity contribution in [2.24, 2.45) is 29.6 Å². The monoisotopic (exact) mass is 515 g/mol. The average Bonchev–Trinajstić information content (AvgIpc) is 3.39. The van der Waals surface area contributed by atoms with E-state index in [0.717, 1.165) is 5.57 Å². The maximum absolute atomic E-state index is 13.1. The molecule has 6 rings (SSSR count). The number of carbonyl (C=O) groups excluding carboxylic acids is 2. The van der Waals surface area contributed by atoms with Gasteiger partial charge in [-0.15, -0.1) is 0 Å². The van der Waals surface area contributed by atoms with Crippen LogP contribution in [-0.2, 0) is 23.7 Å². The number of aliphatic hydroxyl groups is 2. The van der Waals surface area contributed by atoms with Crippen LogP contribution in [0.4, 0.5) is 0 Å². The second-order valence-electron chi connectivity index (χ2n) is 11.2. The molecule has 1 aromatic heterocycles. The molecule has 1 spiro atoms. The molecule has 3 aliphatic heterocycles. The van der Waals surface area contributed by atoms with Gasteiger partial charge in [0, 0.05) is 43.4 Å². The van der Waals surface area contributed by atoms with Crippen LogP contribution in [0.2, 0.25) is 0 Å². The molecule has 1 saturated carbocycles. The van der Waals surface area contributed by atoms with Crippen molar-refractivity contribution in [1.82, 2.24) is 4.98 Å². The Hall–Kier alpha value is -2.46. The number of ether oxygens (including phenoxy) is 4. The highest BCUT2D eigenvalue weighted by Crippen LogP contribution is 2.63. The standard InChI is InChI=1S/C28H37NO8/c1-14-11-15(2)28-19(12-21(34-5)26(33)35-24(14)17(4)30)9-8-18-13-27(37-28,16(3)23(31)22(18)28)36-25(32)20-7-6-10-29-20/h6-11,14,16-19,21-24,29-31H,12-13H2,1-5H3. The summed E-state index contributed by atoms with van der Waals surface area (Å²) >= 11 is 0. The van der Waals surface area contributed by atoms with E-state index in [1.807, 2.05) is 32.9 Å². The zero-order chi connectivity index (χ0) is 26.7. The second kappa shape index (κ2) is 9.38. The fourth-order valence-electron chi connectivity index (χ4n) is 7.16. The van der Waals surface area contributed by atoms with Gasteiger partial charge in [0.15, 0.2) is 6.10 Å². The number of aliphatic hydroxyl groups excluding tert-OH is 2. The van der Waals surface area contributed by atoms with Crippen LogP contribution in [0.3, 0.4) is 0 Å². The van der Waals surface area contributed by atoms with Crippen LogP contribution in [0, 0.1) is 29.6 Å². The first kappa shape index (κ1) is 26.2. The molecule has 3 N–H and O–H groups in total. The first-order valence-electron chi connectivity index (χ1n) is 13.1. The second-order valence-corrected chi connectivity index (χ2v) is 11.2. The lowest BCUT2D eigenvalue weighted by Crippen LogP contribution is -2.74. The van der Waals surface area contributed by atoms with Crippen LogP contribution < -0.4 is 0 Å². The third-order valence-corrected chi connectivity index (χ3v) is 9.01. The maximum atomic E-state index is 13.1. The highest BCUT2D eigenvalue weighted by atomic mass is 16.7. The molecule has 2 aliphatic carbocycles. The molecule has 0 amide bonds. The number of nitrogens with one attached hydrogen (secondary N) is 1. The van der Waals surface area contributed by atoms with E-state index in [-0.39, 0.29) is 30.1 Å². The lowest BCUT2D eigenvalue weighted by molar-refractivity contribution is -0.391. The number of fused-ring (bicyclic) bond motifs is 1. The van der Waals surface area contributed by atoms with E-state index in [4.69, 9.17) is 18.9 Å². The van der Waals surface area contributed by atoms with Gasteiger partial charge >= 0.3 is 11.9 Å². The molecular weight excluding hydrogens is 478 g/mol. The van der Waals surface area contributed by atoms with Gasteiger partial charge in [0.25, 0.3) is 0 Å². The minimum absolute atomic E-state index is 0.102. The van der Waals surface area contributed by atoms with Crippen molar-refractivity contribution in [3.8, 4) is 0 Å². The van der Waals surface area contributed by atoms with Crippen molar-refractivity contribution in [3.63, 3.8) is 0 Å². The van der Waals surface area contributed by atoms with Gasteiger partial charge in [-0.2, -0.15) is 0 Å². The molecule has 37 heavy (non-hydrogen) atoms. The summed E-state index contributed by atoms with van der Waals surface area (Å²) in [7, 11) is 1.45. The van der Waals surface area contributed by atoms with Crippen molar-refractivity contribution in [1.29, 1.82) is 0 Å². The van der Waals surface area contributed by atoms with Crippen molar-refractivity contribution in [3.05, 3.63) is 47.8 Å². The Morgan fingerprint density at radius 3 is 2.70 bits per heavy atom. The number of carbonyl (C=O) groups is 2. The summed E-state index contributed by atoms with van der Waals surface area (Å²) in [6.45, 7) is 7.26. The topological polar surface area (TPSA) is 127 Å². The van der Waals surface area contributed by atoms with E-state index in [9.17, 15) is 19.8 Å². The van der Waals surface area contributed by atoms with E-state index < -0.39 is 53.7 Å². The number of cyclic esters (lactones) is 1. The van der Waals surface area contributed by atoms with Gasteiger partial charge < -0.3 is 34.1 Å². The Balaban J connectivity index is 1.64. The van der Waals surface area contributed by atoms with Gasteiger partial charge in [-0.3, -0.25) is 0 Å². The van der Waals surface area contributed by atoms with Crippen LogP contribution in [-0.4, -0.2) is 70.0 Å². The van der Waals surface area contributed by atoms with Gasteiger partial charge in [-0.05, 0) is 43.9 Å². The molecule has 9 nitrogen and oxygen atoms in total. The molecule has 4 bridgehead atoms. The van der Waals surface area contributed by atoms with Gasteiger partial charge in [0.1, 0.15) is 17.4 Å². The number of hydrogen-bond donors (Lipinski definition) is 3. The van der Waals surface area contributed by atoms with Gasteiger partial charge in [-0.1, -0.05) is 32.1 Å². The molecule has 0 radical (unpaired) electrons. The summed E-state index contributed by atoms with van der Waals surface area (Å²) in [5.41, 5.74) is 0.0931. The summed E-state index contributed by atoms with van der Waals surface area (Å²) in [5.74, 6) is -4.08.